The van der Waals surface area contributed by atoms with Crippen molar-refractivity contribution in [2.45, 2.75) is 45.1 Å². The van der Waals surface area contributed by atoms with Crippen molar-refractivity contribution < 1.29 is 13.9 Å². The van der Waals surface area contributed by atoms with E-state index in [1.807, 2.05) is 17.9 Å². The summed E-state index contributed by atoms with van der Waals surface area (Å²) in [5.41, 5.74) is 2.43. The number of benzene rings is 1. The van der Waals surface area contributed by atoms with E-state index >= 15 is 0 Å². The first-order valence-corrected chi connectivity index (χ1v) is 10.3. The van der Waals surface area contributed by atoms with Crippen LogP contribution in [0.2, 0.25) is 0 Å². The van der Waals surface area contributed by atoms with E-state index in [1.54, 1.807) is 6.26 Å². The number of ether oxygens (including phenoxy) is 1. The third-order valence-electron chi connectivity index (χ3n) is 6.33. The Hall–Kier alpha value is -2.01. The van der Waals surface area contributed by atoms with Gasteiger partial charge in [0.05, 0.1) is 12.9 Å². The van der Waals surface area contributed by atoms with Gasteiger partial charge in [0.25, 0.3) is 0 Å². The summed E-state index contributed by atoms with van der Waals surface area (Å²) in [6.07, 6.45) is 5.02. The number of hydrogen-bond acceptors (Lipinski definition) is 4. The van der Waals surface area contributed by atoms with Gasteiger partial charge in [0.1, 0.15) is 5.58 Å². The molecule has 0 radical (unpaired) electrons. The predicted octanol–water partition coefficient (Wildman–Crippen LogP) is 4.48. The summed E-state index contributed by atoms with van der Waals surface area (Å²) < 4.78 is 10.9. The Morgan fingerprint density at radius 2 is 2.00 bits per heavy atom. The van der Waals surface area contributed by atoms with Gasteiger partial charge in [-0.15, -0.1) is 0 Å². The van der Waals surface area contributed by atoms with E-state index in [0.717, 1.165) is 38.2 Å². The molecule has 146 valence electrons. The van der Waals surface area contributed by atoms with Crippen molar-refractivity contribution in [2.24, 2.45) is 5.92 Å². The number of carbonyl (C=O) groups is 1. The van der Waals surface area contributed by atoms with E-state index in [2.05, 4.69) is 30.0 Å². The summed E-state index contributed by atoms with van der Waals surface area (Å²) >= 11 is 0. The van der Waals surface area contributed by atoms with Crippen LogP contribution >= 0.6 is 0 Å². The Morgan fingerprint density at radius 3 is 2.74 bits per heavy atom. The monoisotopic (exact) mass is 370 g/mol. The van der Waals surface area contributed by atoms with E-state index in [4.69, 9.17) is 9.15 Å². The van der Waals surface area contributed by atoms with E-state index in [0.29, 0.717) is 24.5 Å². The molecule has 1 amide bonds. The van der Waals surface area contributed by atoms with E-state index in [1.165, 1.54) is 23.8 Å². The summed E-state index contributed by atoms with van der Waals surface area (Å²) in [5, 5.41) is 1.20. The fraction of sp³-hybridized carbons (Fsp3) is 0.591. The standard InChI is InChI=1S/C22H30N2O3/c1-3-26-22(25)24-13-9-20(16(2)15-24)23-11-7-17(8-12-23)19-6-4-5-18-10-14-27-21(18)19/h4-6,10,14,16-17,20H,3,7-9,11-13,15H2,1-2H3/t16-,20+/m0/s1. The summed E-state index contributed by atoms with van der Waals surface area (Å²) in [6.45, 7) is 8.43. The molecule has 3 heterocycles. The molecule has 0 spiro atoms. The highest BCUT2D eigenvalue weighted by Gasteiger charge is 2.35. The molecular formula is C22H30N2O3. The average molecular weight is 370 g/mol. The summed E-state index contributed by atoms with van der Waals surface area (Å²) in [7, 11) is 0. The highest BCUT2D eigenvalue weighted by atomic mass is 16.6. The Morgan fingerprint density at radius 1 is 1.19 bits per heavy atom. The van der Waals surface area contributed by atoms with Crippen molar-refractivity contribution in [1.29, 1.82) is 0 Å². The van der Waals surface area contributed by atoms with Gasteiger partial charge in [-0.05, 0) is 62.7 Å². The van der Waals surface area contributed by atoms with Gasteiger partial charge in [-0.1, -0.05) is 25.1 Å². The van der Waals surface area contributed by atoms with Crippen molar-refractivity contribution in [3.63, 3.8) is 0 Å². The van der Waals surface area contributed by atoms with Crippen LogP contribution in [0.4, 0.5) is 4.79 Å². The number of para-hydroxylation sites is 1. The highest BCUT2D eigenvalue weighted by molar-refractivity contribution is 5.80. The second kappa shape index (κ2) is 7.93. The molecule has 5 nitrogen and oxygen atoms in total. The third-order valence-corrected chi connectivity index (χ3v) is 6.33. The van der Waals surface area contributed by atoms with Crippen LogP contribution in [0.3, 0.4) is 0 Å². The molecule has 1 aromatic carbocycles. The number of furan rings is 1. The van der Waals surface area contributed by atoms with Crippen LogP contribution in [0.1, 0.15) is 44.6 Å². The maximum atomic E-state index is 12.0. The van der Waals surface area contributed by atoms with E-state index < -0.39 is 0 Å². The summed E-state index contributed by atoms with van der Waals surface area (Å²) in [6, 6.07) is 9.11. The minimum absolute atomic E-state index is 0.159. The maximum absolute atomic E-state index is 12.0. The molecule has 0 unspecified atom stereocenters. The Balaban J connectivity index is 1.36. The molecule has 0 N–H and O–H groups in total. The fourth-order valence-electron chi connectivity index (χ4n) is 4.94. The second-order valence-electron chi connectivity index (χ2n) is 7.97. The smallest absolute Gasteiger partial charge is 0.409 e. The predicted molar refractivity (Wildman–Crippen MR) is 106 cm³/mol. The fourth-order valence-corrected chi connectivity index (χ4v) is 4.94. The zero-order chi connectivity index (χ0) is 18.8. The molecule has 1 aromatic heterocycles. The van der Waals surface area contributed by atoms with Crippen LogP contribution in [-0.4, -0.2) is 54.7 Å². The Bertz CT molecular complexity index is 779. The molecular weight excluding hydrogens is 340 g/mol. The summed E-state index contributed by atoms with van der Waals surface area (Å²) in [5.74, 6) is 1.05. The SMILES string of the molecule is CCOC(=O)N1CC[C@@H](N2CCC(c3cccc4ccoc34)CC2)[C@@H](C)C1. The van der Waals surface area contributed by atoms with Crippen LogP contribution in [0.15, 0.2) is 34.9 Å². The lowest BCUT2D eigenvalue weighted by atomic mass is 9.85. The minimum atomic E-state index is -0.159. The lowest BCUT2D eigenvalue weighted by Gasteiger charge is -2.45. The molecule has 2 saturated heterocycles. The molecule has 2 aliphatic rings. The van der Waals surface area contributed by atoms with Gasteiger partial charge < -0.3 is 14.1 Å². The molecule has 2 fully saturated rings. The van der Waals surface area contributed by atoms with Crippen molar-refractivity contribution >= 4 is 17.1 Å². The molecule has 5 heteroatoms. The number of carbonyl (C=O) groups excluding carboxylic acids is 1. The van der Waals surface area contributed by atoms with Gasteiger partial charge in [0.2, 0.25) is 0 Å². The zero-order valence-corrected chi connectivity index (χ0v) is 16.4. The highest BCUT2D eigenvalue weighted by Crippen LogP contribution is 2.35. The van der Waals surface area contributed by atoms with Crippen LogP contribution in [0.25, 0.3) is 11.0 Å². The second-order valence-corrected chi connectivity index (χ2v) is 7.97. The molecule has 0 aliphatic carbocycles. The normalized spacial score (nSPS) is 25.0. The minimum Gasteiger partial charge on any atom is -0.464 e. The molecule has 0 bridgehead atoms. The van der Waals surface area contributed by atoms with E-state index in [9.17, 15) is 4.79 Å². The lowest BCUT2D eigenvalue weighted by Crippen LogP contribution is -2.53. The first-order valence-electron chi connectivity index (χ1n) is 10.3. The quantitative estimate of drug-likeness (QED) is 0.799. The third kappa shape index (κ3) is 3.70. The first-order chi connectivity index (χ1) is 13.2. The number of nitrogens with zero attached hydrogens (tertiary/aromatic N) is 2. The largest absolute Gasteiger partial charge is 0.464 e. The number of likely N-dealkylation sites (tertiary alicyclic amines) is 2. The van der Waals surface area contributed by atoms with Crippen molar-refractivity contribution in [2.75, 3.05) is 32.8 Å². The number of rotatable bonds is 3. The van der Waals surface area contributed by atoms with Gasteiger partial charge in [0.15, 0.2) is 0 Å². The number of amides is 1. The number of piperidine rings is 2. The lowest BCUT2D eigenvalue weighted by molar-refractivity contribution is 0.0385. The maximum Gasteiger partial charge on any atom is 0.409 e. The molecule has 4 rings (SSSR count). The molecule has 2 aromatic rings. The van der Waals surface area contributed by atoms with Gasteiger partial charge in [-0.3, -0.25) is 4.90 Å². The average Bonchev–Trinajstić information content (AvgIpc) is 3.17. The van der Waals surface area contributed by atoms with Gasteiger partial charge in [-0.25, -0.2) is 4.79 Å². The molecule has 27 heavy (non-hydrogen) atoms. The topological polar surface area (TPSA) is 45.9 Å². The van der Waals surface area contributed by atoms with E-state index in [-0.39, 0.29) is 6.09 Å². The Labute approximate surface area is 161 Å². The van der Waals surface area contributed by atoms with Crippen LogP contribution < -0.4 is 0 Å². The van der Waals surface area contributed by atoms with Crippen LogP contribution in [0, 0.1) is 5.92 Å². The number of fused-ring (bicyclic) bond motifs is 1. The van der Waals surface area contributed by atoms with Crippen molar-refractivity contribution in [3.8, 4) is 0 Å². The summed E-state index contributed by atoms with van der Waals surface area (Å²) in [4.78, 5) is 16.5. The van der Waals surface area contributed by atoms with Gasteiger partial charge >= 0.3 is 6.09 Å². The van der Waals surface area contributed by atoms with Gasteiger partial charge in [-0.2, -0.15) is 0 Å². The zero-order valence-electron chi connectivity index (χ0n) is 16.4. The first kappa shape index (κ1) is 18.4. The van der Waals surface area contributed by atoms with Crippen LogP contribution in [-0.2, 0) is 4.74 Å². The van der Waals surface area contributed by atoms with Gasteiger partial charge in [0, 0.05) is 24.5 Å². The van der Waals surface area contributed by atoms with Crippen LogP contribution in [0.5, 0.6) is 0 Å². The molecule has 2 atom stereocenters. The van der Waals surface area contributed by atoms with Crippen molar-refractivity contribution in [1.82, 2.24) is 9.80 Å². The Kier molecular flexibility index (Phi) is 5.39. The molecule has 2 aliphatic heterocycles. The van der Waals surface area contributed by atoms with Crippen molar-refractivity contribution in [3.05, 3.63) is 36.1 Å². The molecule has 0 saturated carbocycles. The number of hydrogen-bond donors (Lipinski definition) is 0.